The third-order valence-corrected chi connectivity index (χ3v) is 25.3. The summed E-state index contributed by atoms with van der Waals surface area (Å²) in [5.74, 6) is 5.55. The van der Waals surface area contributed by atoms with E-state index in [-0.39, 0.29) is 9.49 Å². The van der Waals surface area contributed by atoms with Gasteiger partial charge in [0, 0.05) is 32.1 Å². The quantitative estimate of drug-likeness (QED) is 0.0355. The van der Waals surface area contributed by atoms with Gasteiger partial charge in [-0.2, -0.15) is 0 Å². The molecule has 6 nitrogen and oxygen atoms in total. The lowest BCUT2D eigenvalue weighted by Gasteiger charge is -2.47. The Morgan fingerprint density at radius 2 is 0.563 bits per heavy atom. The van der Waals surface area contributed by atoms with Crippen LogP contribution >= 0.6 is 23.5 Å². The molecule has 14 rings (SSSR count). The van der Waals surface area contributed by atoms with Crippen molar-refractivity contribution in [2.24, 2.45) is 0 Å². The van der Waals surface area contributed by atoms with Gasteiger partial charge in [0.25, 0.3) is 0 Å². The maximum atomic E-state index is 6.77. The van der Waals surface area contributed by atoms with Crippen molar-refractivity contribution in [3.05, 3.63) is 240 Å². The summed E-state index contributed by atoms with van der Waals surface area (Å²) in [5.41, 5.74) is 13.3. The molecule has 10 aromatic rings. The van der Waals surface area contributed by atoms with E-state index in [1.807, 2.05) is 0 Å². The van der Waals surface area contributed by atoms with E-state index in [9.17, 15) is 0 Å². The van der Waals surface area contributed by atoms with Crippen LogP contribution in [-0.2, 0) is 0 Å². The normalized spacial score (nSPS) is 16.9. The molecule has 4 aliphatic rings. The van der Waals surface area contributed by atoms with Gasteiger partial charge in [0.1, 0.15) is 34.5 Å². The highest BCUT2D eigenvalue weighted by atomic mass is 32.2. The lowest BCUT2D eigenvalue weighted by molar-refractivity contribution is 0.288. The molecule has 10 aromatic carbocycles. The standard InChI is InChI=1S/C95H104O6S2/c1-5-7-9-11-13-29-62-98-84-56-48-68-34-19-23-38-76(68)90(84)92-78-40-25-21-36-70(78)50-58-86(92)100-64-31-17-15-27-60-96-74-52-44-72(45-53-74)88-66-82-80-42-33-43-81(80)83-67-89(103-95(83,4)94(82,3)102-88)73-46-54-75(55-47-73)97-61-28-16-18-32-65-101-87-59-51-71-37-22-26-41-79(71)93(87)91-77-39-24-20-35-69(77)49-57-85(91)99-63-30-14-12-10-8-6-2/h19-26,34-41,44-59,66-67H,5-18,27-33,42-43,60-65H2,1-4H3/t94-,95-/m1/s1. The van der Waals surface area contributed by atoms with Crippen LogP contribution in [-0.4, -0.2) is 49.1 Å². The third kappa shape index (κ3) is 16.2. The Bertz CT molecular complexity index is 4400. The lowest BCUT2D eigenvalue weighted by Crippen LogP contribution is -2.47. The van der Waals surface area contributed by atoms with Crippen molar-refractivity contribution in [1.82, 2.24) is 0 Å². The van der Waals surface area contributed by atoms with Crippen LogP contribution in [0.2, 0.25) is 0 Å². The van der Waals surface area contributed by atoms with Crippen molar-refractivity contribution in [2.75, 3.05) is 39.6 Å². The SMILES string of the molecule is CCCCCCCCOc1ccc2ccccc2c1-c1c(OCCCCCCOc2ccc(C3=CC4=C5CCCC5=C5C=C(c6ccc(OCCCCCCOc7ccc8ccccc8c7-c7c(OCCCCCCCC)ccc8ccccc78)cc6)S[C@@]5(C)[C@]4(C)S3)cc2)ccc2ccccc12. The van der Waals surface area contributed by atoms with Gasteiger partial charge in [0.05, 0.1) is 49.1 Å². The molecular weight excluding hydrogens is 1300 g/mol. The van der Waals surface area contributed by atoms with Crippen LogP contribution in [0, 0.1) is 0 Å². The van der Waals surface area contributed by atoms with Crippen molar-refractivity contribution < 1.29 is 28.4 Å². The van der Waals surface area contributed by atoms with Crippen LogP contribution < -0.4 is 28.4 Å². The number of allylic oxidation sites excluding steroid dienone is 4. The molecule has 2 aliphatic heterocycles. The third-order valence-electron chi connectivity index (χ3n) is 22.0. The predicted molar refractivity (Wildman–Crippen MR) is 439 cm³/mol. The first-order chi connectivity index (χ1) is 50.8. The van der Waals surface area contributed by atoms with Gasteiger partial charge in [-0.3, -0.25) is 0 Å². The average molecular weight is 1410 g/mol. The summed E-state index contributed by atoms with van der Waals surface area (Å²) < 4.78 is 39.5. The number of ether oxygens (including phenoxy) is 6. The van der Waals surface area contributed by atoms with E-state index in [1.54, 1.807) is 11.1 Å². The van der Waals surface area contributed by atoms with E-state index >= 15 is 0 Å². The molecule has 0 radical (unpaired) electrons. The molecule has 0 bridgehead atoms. The molecule has 0 unspecified atom stereocenters. The molecule has 2 aliphatic carbocycles. The molecule has 0 spiro atoms. The molecule has 0 N–H and O–H groups in total. The molecule has 2 atom stereocenters. The minimum atomic E-state index is -0.109. The second kappa shape index (κ2) is 34.5. The molecule has 532 valence electrons. The lowest BCUT2D eigenvalue weighted by atomic mass is 9.72. The van der Waals surface area contributed by atoms with Gasteiger partial charge in [-0.1, -0.05) is 224 Å². The zero-order chi connectivity index (χ0) is 70.2. The highest BCUT2D eigenvalue weighted by Gasteiger charge is 2.59. The summed E-state index contributed by atoms with van der Waals surface area (Å²) in [7, 11) is 0. The van der Waals surface area contributed by atoms with Crippen molar-refractivity contribution in [2.45, 2.75) is 185 Å². The second-order valence-electron chi connectivity index (χ2n) is 29.1. The number of rotatable bonds is 38. The highest BCUT2D eigenvalue weighted by molar-refractivity contribution is 8.14. The minimum Gasteiger partial charge on any atom is -0.494 e. The van der Waals surface area contributed by atoms with Crippen LogP contribution in [0.4, 0.5) is 0 Å². The Morgan fingerprint density at radius 3 is 0.864 bits per heavy atom. The molecule has 0 amide bonds. The van der Waals surface area contributed by atoms with E-state index in [0.29, 0.717) is 39.6 Å². The number of unbranched alkanes of at least 4 members (excludes halogenated alkanes) is 16. The number of hydrogen-bond acceptors (Lipinski definition) is 8. The van der Waals surface area contributed by atoms with E-state index in [1.165, 1.54) is 146 Å². The summed E-state index contributed by atoms with van der Waals surface area (Å²) in [6, 6.07) is 70.0. The van der Waals surface area contributed by atoms with Gasteiger partial charge >= 0.3 is 0 Å². The maximum absolute atomic E-state index is 6.77. The Balaban J connectivity index is 0.535. The molecule has 103 heavy (non-hydrogen) atoms. The minimum absolute atomic E-state index is 0.109. The topological polar surface area (TPSA) is 55.4 Å². The predicted octanol–water partition coefficient (Wildman–Crippen LogP) is 27.3. The molecule has 1 fully saturated rings. The monoisotopic (exact) mass is 1400 g/mol. The fraction of sp³-hybridized carbons (Fsp3) is 0.368. The number of hydrogen-bond donors (Lipinski definition) is 0. The average Bonchev–Trinajstić information content (AvgIpc) is 1.52. The molecule has 0 aromatic heterocycles. The first-order valence-corrected chi connectivity index (χ1v) is 40.8. The molecule has 8 heteroatoms. The van der Waals surface area contributed by atoms with Gasteiger partial charge in [-0.05, 0) is 235 Å². The zero-order valence-electron chi connectivity index (χ0n) is 61.4. The van der Waals surface area contributed by atoms with Crippen molar-refractivity contribution in [3.63, 3.8) is 0 Å². The van der Waals surface area contributed by atoms with Crippen LogP contribution in [0.5, 0.6) is 34.5 Å². The van der Waals surface area contributed by atoms with Crippen LogP contribution in [0.3, 0.4) is 0 Å². The highest BCUT2D eigenvalue weighted by Crippen LogP contribution is 2.70. The Hall–Kier alpha value is -8.30. The van der Waals surface area contributed by atoms with E-state index in [2.05, 4.69) is 257 Å². The van der Waals surface area contributed by atoms with Gasteiger partial charge < -0.3 is 28.4 Å². The smallest absolute Gasteiger partial charge is 0.127 e. The Kier molecular flexibility index (Phi) is 24.0. The molecule has 0 saturated heterocycles. The van der Waals surface area contributed by atoms with E-state index in [4.69, 9.17) is 28.4 Å². The van der Waals surface area contributed by atoms with Crippen molar-refractivity contribution >= 4 is 76.4 Å². The van der Waals surface area contributed by atoms with Gasteiger partial charge in [0.15, 0.2) is 0 Å². The number of benzene rings is 10. The van der Waals surface area contributed by atoms with Crippen LogP contribution in [0.1, 0.15) is 187 Å². The maximum Gasteiger partial charge on any atom is 0.127 e. The summed E-state index contributed by atoms with van der Waals surface area (Å²) in [5, 5.41) is 9.55. The van der Waals surface area contributed by atoms with Crippen LogP contribution in [0.25, 0.3) is 75.2 Å². The second-order valence-corrected chi connectivity index (χ2v) is 32.0. The summed E-state index contributed by atoms with van der Waals surface area (Å²) in [4.78, 5) is 2.71. The van der Waals surface area contributed by atoms with Crippen LogP contribution in [0.15, 0.2) is 229 Å². The first kappa shape index (κ1) is 71.7. The van der Waals surface area contributed by atoms with Gasteiger partial charge in [-0.25, -0.2) is 0 Å². The fourth-order valence-corrected chi connectivity index (χ4v) is 19.4. The number of thioether (sulfide) groups is 2. The largest absolute Gasteiger partial charge is 0.494 e. The summed E-state index contributed by atoms with van der Waals surface area (Å²) in [6.07, 6.45) is 31.6. The fourth-order valence-electron chi connectivity index (χ4n) is 16.2. The Labute approximate surface area is 621 Å². The van der Waals surface area contributed by atoms with E-state index < -0.39 is 0 Å². The summed E-state index contributed by atoms with van der Waals surface area (Å²) in [6.45, 7) is 13.7. The molecule has 2 heterocycles. The molecular formula is C95H104O6S2. The zero-order valence-corrected chi connectivity index (χ0v) is 63.0. The van der Waals surface area contributed by atoms with Gasteiger partial charge in [-0.15, -0.1) is 23.5 Å². The first-order valence-electron chi connectivity index (χ1n) is 39.1. The van der Waals surface area contributed by atoms with Crippen molar-refractivity contribution in [3.8, 4) is 56.8 Å². The van der Waals surface area contributed by atoms with E-state index in [0.717, 1.165) is 134 Å². The van der Waals surface area contributed by atoms with Gasteiger partial charge in [0.2, 0.25) is 0 Å². The Morgan fingerprint density at radius 1 is 0.291 bits per heavy atom. The number of fused-ring (bicyclic) bond motifs is 8. The molecule has 1 saturated carbocycles. The van der Waals surface area contributed by atoms with Crippen molar-refractivity contribution in [1.29, 1.82) is 0 Å². The summed E-state index contributed by atoms with van der Waals surface area (Å²) >= 11 is 4.13.